The largest absolute Gasteiger partial charge is 0.317 e. The summed E-state index contributed by atoms with van der Waals surface area (Å²) in [5.41, 5.74) is 0. The van der Waals surface area contributed by atoms with Crippen LogP contribution in [0.3, 0.4) is 0 Å². The molecule has 0 aromatic carbocycles. The highest BCUT2D eigenvalue weighted by Crippen LogP contribution is 2.03. The molecule has 0 aliphatic carbocycles. The summed E-state index contributed by atoms with van der Waals surface area (Å²) < 4.78 is 0. The highest BCUT2D eigenvalue weighted by Gasteiger charge is 2.11. The summed E-state index contributed by atoms with van der Waals surface area (Å²) in [5.74, 6) is 0. The van der Waals surface area contributed by atoms with E-state index in [1.54, 1.807) is 0 Å². The molecule has 13 nitrogen and oxygen atoms in total. The van der Waals surface area contributed by atoms with E-state index in [0.29, 0.717) is 18.1 Å². The fourth-order valence-electron chi connectivity index (χ4n) is 5.01. The minimum atomic E-state index is 0.652. The maximum Gasteiger partial charge on any atom is 0.0474 e. The molecule has 13 heteroatoms. The maximum absolute atomic E-state index is 3.42. The summed E-state index contributed by atoms with van der Waals surface area (Å²) in [6.45, 7) is 29.2. The molecule has 0 aromatic rings. The lowest BCUT2D eigenvalue weighted by atomic mass is 10.1. The number of hydrogen-bond acceptors (Lipinski definition) is 13. The normalized spacial score (nSPS) is 28.2. The Morgan fingerprint density at radius 3 is 0.978 bits per heavy atom. The molecule has 270 valence electrons. The smallest absolute Gasteiger partial charge is 0.0474 e. The van der Waals surface area contributed by atoms with Gasteiger partial charge >= 0.3 is 0 Å². The van der Waals surface area contributed by atoms with E-state index < -0.39 is 0 Å². The maximum atomic E-state index is 3.42. The molecular formula is C32H77N13. The summed E-state index contributed by atoms with van der Waals surface area (Å²) >= 11 is 0. The highest BCUT2D eigenvalue weighted by molar-refractivity contribution is 4.77. The summed E-state index contributed by atoms with van der Waals surface area (Å²) in [4.78, 5) is 0. The molecule has 0 radical (unpaired) electrons. The molecule has 7 saturated heterocycles. The van der Waals surface area contributed by atoms with Gasteiger partial charge in [-0.05, 0) is 66.2 Å². The van der Waals surface area contributed by atoms with E-state index in [-0.39, 0.29) is 0 Å². The summed E-state index contributed by atoms with van der Waals surface area (Å²) in [6, 6.07) is 1.98. The molecule has 7 aliphatic heterocycles. The van der Waals surface area contributed by atoms with Crippen LogP contribution in [0.5, 0.6) is 0 Å². The Bertz CT molecular complexity index is 482. The molecule has 0 bridgehead atoms. The van der Waals surface area contributed by atoms with Crippen molar-refractivity contribution in [3.05, 3.63) is 0 Å². The van der Waals surface area contributed by atoms with Crippen LogP contribution in [0.4, 0.5) is 0 Å². The Labute approximate surface area is 277 Å². The minimum absolute atomic E-state index is 0.652. The monoisotopic (exact) mass is 644 g/mol. The third-order valence-electron chi connectivity index (χ3n) is 7.79. The van der Waals surface area contributed by atoms with Gasteiger partial charge in [-0.3, -0.25) is 10.6 Å². The third kappa shape index (κ3) is 33.2. The van der Waals surface area contributed by atoms with E-state index in [0.717, 1.165) is 105 Å². The second-order valence-corrected chi connectivity index (χ2v) is 12.6. The zero-order valence-corrected chi connectivity index (χ0v) is 29.6. The van der Waals surface area contributed by atoms with E-state index in [1.165, 1.54) is 64.7 Å². The van der Waals surface area contributed by atoms with Crippen molar-refractivity contribution in [2.45, 2.75) is 77.4 Å². The predicted molar refractivity (Wildman–Crippen MR) is 194 cm³/mol. The zero-order chi connectivity index (χ0) is 32.3. The van der Waals surface area contributed by atoms with Gasteiger partial charge in [0.05, 0.1) is 0 Å². The molecule has 3 unspecified atom stereocenters. The zero-order valence-electron chi connectivity index (χ0n) is 29.6. The average Bonchev–Trinajstić information content (AvgIpc) is 3.46. The first-order valence-corrected chi connectivity index (χ1v) is 18.5. The van der Waals surface area contributed by atoms with Gasteiger partial charge in [0.2, 0.25) is 0 Å². The summed E-state index contributed by atoms with van der Waals surface area (Å²) in [7, 11) is 0. The van der Waals surface area contributed by atoms with Crippen LogP contribution in [0.2, 0.25) is 0 Å². The fraction of sp³-hybridized carbons (Fsp3) is 1.00. The Morgan fingerprint density at radius 2 is 0.667 bits per heavy atom. The molecule has 0 spiro atoms. The van der Waals surface area contributed by atoms with E-state index in [9.17, 15) is 0 Å². The Kier molecular flexibility index (Phi) is 32.9. The molecule has 7 aliphatic rings. The van der Waals surface area contributed by atoms with Crippen LogP contribution >= 0.6 is 0 Å². The molecule has 7 fully saturated rings. The quantitative estimate of drug-likeness (QED) is 0.142. The second-order valence-electron chi connectivity index (χ2n) is 12.6. The summed E-state index contributed by atoms with van der Waals surface area (Å²) in [6.07, 6.45) is 8.39. The minimum Gasteiger partial charge on any atom is -0.317 e. The van der Waals surface area contributed by atoms with Crippen molar-refractivity contribution < 1.29 is 0 Å². The topological polar surface area (TPSA) is 156 Å². The molecule has 7 rings (SSSR count). The van der Waals surface area contributed by atoms with Gasteiger partial charge in [0.1, 0.15) is 0 Å². The molecule has 7 heterocycles. The van der Waals surface area contributed by atoms with Crippen molar-refractivity contribution in [1.82, 2.24) is 69.1 Å². The molecule has 0 saturated carbocycles. The van der Waals surface area contributed by atoms with Gasteiger partial charge in [-0.1, -0.05) is 19.3 Å². The van der Waals surface area contributed by atoms with Gasteiger partial charge in [-0.15, -0.1) is 0 Å². The van der Waals surface area contributed by atoms with Crippen LogP contribution in [-0.4, -0.2) is 149 Å². The van der Waals surface area contributed by atoms with E-state index in [2.05, 4.69) is 89.9 Å². The third-order valence-corrected chi connectivity index (χ3v) is 7.79. The number of nitrogens with one attached hydrogen (secondary N) is 13. The standard InChI is InChI=1S/C7H15N.C6H14N2.2C5H12N2.C4H10N2.C3H8N2.C2H6N2/c1-2-4-6-8-7-5-3-1;1-5-3-7-4-6(2)8-5;1-5-4-6-2-3-7-5;1-2-6-4-5-7-3-1;1-2-6-4-3-5-1;1-2-5-3-4-1;1-3-2-4-1/h8H,1-7H2;5-8H,3-4H2,1-2H3;5-7H,2-4H2,1H3;6-7H,1-5H2;5-6H,1-4H2;4-5H,1-3H2;3-4H,1-2H2. The first-order chi connectivity index (χ1) is 22.2. The van der Waals surface area contributed by atoms with E-state index >= 15 is 0 Å². The van der Waals surface area contributed by atoms with Crippen molar-refractivity contribution in [3.63, 3.8) is 0 Å². The van der Waals surface area contributed by atoms with E-state index in [4.69, 9.17) is 0 Å². The SMILES string of the molecule is C1CCCNCCC1.C1CNCCN1.C1CNCCNC1.C1CNCN1.C1NCN1.CC1CNCC(C)N1.CC1CNCCN1. The van der Waals surface area contributed by atoms with Gasteiger partial charge in [-0.2, -0.15) is 0 Å². The molecule has 3 atom stereocenters. The lowest BCUT2D eigenvalue weighted by molar-refractivity contribution is 0.370. The van der Waals surface area contributed by atoms with Gasteiger partial charge in [0, 0.05) is 123 Å². The van der Waals surface area contributed by atoms with Crippen LogP contribution in [0.1, 0.15) is 59.3 Å². The Hall–Kier alpha value is -0.520. The molecule has 45 heavy (non-hydrogen) atoms. The van der Waals surface area contributed by atoms with Crippen molar-refractivity contribution in [2.24, 2.45) is 0 Å². The van der Waals surface area contributed by atoms with Gasteiger partial charge < -0.3 is 58.5 Å². The lowest BCUT2D eigenvalue weighted by Gasteiger charge is -2.26. The molecule has 0 amide bonds. The average molecular weight is 644 g/mol. The van der Waals surface area contributed by atoms with Crippen LogP contribution in [0, 0.1) is 0 Å². The molecule has 0 aromatic heterocycles. The summed E-state index contributed by atoms with van der Waals surface area (Å²) in [5, 5.41) is 42.0. The van der Waals surface area contributed by atoms with Crippen LogP contribution in [0.15, 0.2) is 0 Å². The van der Waals surface area contributed by atoms with Gasteiger partial charge in [-0.25, -0.2) is 0 Å². The first-order valence-electron chi connectivity index (χ1n) is 18.5. The number of piperazine rings is 3. The Balaban J connectivity index is 0.000000265. The van der Waals surface area contributed by atoms with Gasteiger partial charge in [0.15, 0.2) is 0 Å². The second kappa shape index (κ2) is 34.8. The highest BCUT2D eigenvalue weighted by atomic mass is 15.2. The molecule has 13 N–H and O–H groups in total. The van der Waals surface area contributed by atoms with E-state index in [1.807, 2.05) is 0 Å². The van der Waals surface area contributed by atoms with Crippen LogP contribution < -0.4 is 69.1 Å². The van der Waals surface area contributed by atoms with Crippen molar-refractivity contribution >= 4 is 0 Å². The lowest BCUT2D eigenvalue weighted by Crippen LogP contribution is -2.52. The van der Waals surface area contributed by atoms with Crippen LogP contribution in [0.25, 0.3) is 0 Å². The van der Waals surface area contributed by atoms with Crippen molar-refractivity contribution in [1.29, 1.82) is 0 Å². The van der Waals surface area contributed by atoms with Crippen molar-refractivity contribution in [3.8, 4) is 0 Å². The van der Waals surface area contributed by atoms with Gasteiger partial charge in [0.25, 0.3) is 0 Å². The molecular weight excluding hydrogens is 566 g/mol. The Morgan fingerprint density at radius 1 is 0.289 bits per heavy atom. The number of rotatable bonds is 0. The fourth-order valence-corrected chi connectivity index (χ4v) is 5.01. The first kappa shape index (κ1) is 42.5. The number of hydrogen-bond donors (Lipinski definition) is 13. The van der Waals surface area contributed by atoms with Crippen molar-refractivity contribution in [2.75, 3.05) is 131 Å². The van der Waals surface area contributed by atoms with Crippen LogP contribution in [-0.2, 0) is 0 Å². The predicted octanol–water partition coefficient (Wildman–Crippen LogP) is -1.96.